The number of rotatable bonds is 6. The van der Waals surface area contributed by atoms with Gasteiger partial charge in [0.2, 0.25) is 11.1 Å². The van der Waals surface area contributed by atoms with E-state index in [9.17, 15) is 4.79 Å². The molecule has 8 nitrogen and oxygen atoms in total. The normalized spacial score (nSPS) is 20.3. The Morgan fingerprint density at radius 3 is 2.81 bits per heavy atom. The summed E-state index contributed by atoms with van der Waals surface area (Å²) in [6, 6.07) is 17.4. The van der Waals surface area contributed by atoms with Gasteiger partial charge in [0.25, 0.3) is 0 Å². The first-order valence-electron chi connectivity index (χ1n) is 10.4. The highest BCUT2D eigenvalue weighted by atomic mass is 32.2. The van der Waals surface area contributed by atoms with Gasteiger partial charge in [0.1, 0.15) is 12.4 Å². The third-order valence-corrected chi connectivity index (χ3v) is 6.45. The molecular weight excluding hydrogens is 414 g/mol. The average Bonchev–Trinajstić information content (AvgIpc) is 3.50. The number of nitrogens with zero attached hydrogens (tertiary/aromatic N) is 5. The van der Waals surface area contributed by atoms with Gasteiger partial charge in [0, 0.05) is 6.61 Å². The van der Waals surface area contributed by atoms with Gasteiger partial charge in [0.05, 0.1) is 30.1 Å². The fourth-order valence-electron chi connectivity index (χ4n) is 4.01. The Bertz CT molecular complexity index is 1040. The van der Waals surface area contributed by atoms with Crippen molar-refractivity contribution in [3.63, 3.8) is 0 Å². The van der Waals surface area contributed by atoms with E-state index < -0.39 is 0 Å². The van der Waals surface area contributed by atoms with Crippen LogP contribution in [0.1, 0.15) is 24.4 Å². The molecule has 160 valence electrons. The van der Waals surface area contributed by atoms with Crippen LogP contribution in [0.5, 0.6) is 5.75 Å². The first-order valence-corrected chi connectivity index (χ1v) is 11.4. The molecule has 0 radical (unpaired) electrons. The molecule has 1 amide bonds. The Kier molecular flexibility index (Phi) is 5.86. The number of hydrogen-bond donors (Lipinski definition) is 0. The number of thioether (sulfide) groups is 1. The molecule has 2 aromatic carbocycles. The van der Waals surface area contributed by atoms with Crippen molar-refractivity contribution in [2.24, 2.45) is 0 Å². The lowest BCUT2D eigenvalue weighted by molar-refractivity contribution is -0.117. The molecule has 3 heterocycles. The highest BCUT2D eigenvalue weighted by Gasteiger charge is 2.33. The van der Waals surface area contributed by atoms with Gasteiger partial charge in [-0.3, -0.25) is 9.69 Å². The van der Waals surface area contributed by atoms with Gasteiger partial charge in [0.15, 0.2) is 0 Å². The zero-order valence-corrected chi connectivity index (χ0v) is 17.8. The van der Waals surface area contributed by atoms with Crippen LogP contribution in [0.25, 0.3) is 0 Å². The molecule has 0 N–H and O–H groups in total. The van der Waals surface area contributed by atoms with Crippen molar-refractivity contribution < 1.29 is 14.3 Å². The van der Waals surface area contributed by atoms with E-state index >= 15 is 0 Å². The maximum Gasteiger partial charge on any atom is 0.238 e. The number of amides is 1. The SMILES string of the molecule is O=C(CSc1nnnn1C[C@H]1CCCO1)N1c2ccccc2OC[C@H]1c1ccccc1. The number of para-hydroxylation sites is 2. The van der Waals surface area contributed by atoms with E-state index in [1.807, 2.05) is 59.5 Å². The van der Waals surface area contributed by atoms with Crippen molar-refractivity contribution in [1.82, 2.24) is 20.2 Å². The van der Waals surface area contributed by atoms with Crippen molar-refractivity contribution in [1.29, 1.82) is 0 Å². The molecule has 0 saturated carbocycles. The fraction of sp³-hybridized carbons (Fsp3) is 0.364. The number of carbonyl (C=O) groups is 1. The summed E-state index contributed by atoms with van der Waals surface area (Å²) in [5, 5.41) is 12.6. The second-order valence-corrected chi connectivity index (χ2v) is 8.48. The number of hydrogen-bond acceptors (Lipinski definition) is 7. The van der Waals surface area contributed by atoms with E-state index in [-0.39, 0.29) is 23.8 Å². The Morgan fingerprint density at radius 1 is 1.13 bits per heavy atom. The number of tetrazole rings is 1. The predicted molar refractivity (Wildman–Crippen MR) is 116 cm³/mol. The van der Waals surface area contributed by atoms with Crippen LogP contribution in [-0.4, -0.2) is 51.2 Å². The summed E-state index contributed by atoms with van der Waals surface area (Å²) in [7, 11) is 0. The van der Waals surface area contributed by atoms with Gasteiger partial charge in [-0.1, -0.05) is 54.2 Å². The second kappa shape index (κ2) is 9.07. The number of anilines is 1. The third-order valence-electron chi connectivity index (χ3n) is 5.51. The van der Waals surface area contributed by atoms with Crippen LogP contribution >= 0.6 is 11.8 Å². The Labute approximate surface area is 184 Å². The maximum atomic E-state index is 13.4. The summed E-state index contributed by atoms with van der Waals surface area (Å²) < 4.78 is 13.4. The quantitative estimate of drug-likeness (QED) is 0.548. The first-order chi connectivity index (χ1) is 15.3. The molecule has 0 aliphatic carbocycles. The van der Waals surface area contributed by atoms with Gasteiger partial charge >= 0.3 is 0 Å². The lowest BCUT2D eigenvalue weighted by Crippen LogP contribution is -2.42. The number of aromatic nitrogens is 4. The molecule has 9 heteroatoms. The highest BCUT2D eigenvalue weighted by molar-refractivity contribution is 7.99. The minimum absolute atomic E-state index is 0.0127. The molecule has 0 unspecified atom stereocenters. The number of benzene rings is 2. The van der Waals surface area contributed by atoms with Gasteiger partial charge in [-0.15, -0.1) is 5.10 Å². The molecule has 1 aromatic heterocycles. The van der Waals surface area contributed by atoms with Crippen molar-refractivity contribution in [3.05, 3.63) is 60.2 Å². The van der Waals surface area contributed by atoms with Crippen molar-refractivity contribution in [3.8, 4) is 5.75 Å². The number of fused-ring (bicyclic) bond motifs is 1. The lowest BCUT2D eigenvalue weighted by Gasteiger charge is -2.37. The molecule has 2 aliphatic rings. The molecule has 2 atom stereocenters. The summed E-state index contributed by atoms with van der Waals surface area (Å²) in [4.78, 5) is 15.3. The fourth-order valence-corrected chi connectivity index (χ4v) is 4.76. The molecule has 1 fully saturated rings. The topological polar surface area (TPSA) is 82.4 Å². The zero-order chi connectivity index (χ0) is 21.0. The van der Waals surface area contributed by atoms with Crippen LogP contribution in [0.2, 0.25) is 0 Å². The number of ether oxygens (including phenoxy) is 2. The number of carbonyl (C=O) groups excluding carboxylic acids is 1. The second-order valence-electron chi connectivity index (χ2n) is 7.54. The molecule has 0 spiro atoms. The predicted octanol–water partition coefficient (Wildman–Crippen LogP) is 3.11. The van der Waals surface area contributed by atoms with Gasteiger partial charge in [-0.25, -0.2) is 4.68 Å². The van der Waals surface area contributed by atoms with Gasteiger partial charge in [-0.2, -0.15) is 0 Å². The first kappa shape index (κ1) is 20.0. The van der Waals surface area contributed by atoms with Crippen LogP contribution in [-0.2, 0) is 16.1 Å². The van der Waals surface area contributed by atoms with Crippen LogP contribution in [0, 0.1) is 0 Å². The Balaban J connectivity index is 1.35. The molecule has 1 saturated heterocycles. The van der Waals surface area contributed by atoms with E-state index in [0.29, 0.717) is 18.3 Å². The highest BCUT2D eigenvalue weighted by Crippen LogP contribution is 2.39. The van der Waals surface area contributed by atoms with Gasteiger partial charge < -0.3 is 9.47 Å². The molecule has 31 heavy (non-hydrogen) atoms. The molecule has 0 bridgehead atoms. The molecule has 5 rings (SSSR count). The summed E-state index contributed by atoms with van der Waals surface area (Å²) >= 11 is 1.35. The maximum absolute atomic E-state index is 13.4. The summed E-state index contributed by atoms with van der Waals surface area (Å²) in [5.74, 6) is 0.932. The largest absolute Gasteiger partial charge is 0.489 e. The van der Waals surface area contributed by atoms with Crippen LogP contribution < -0.4 is 9.64 Å². The van der Waals surface area contributed by atoms with E-state index in [0.717, 1.165) is 36.4 Å². The smallest absolute Gasteiger partial charge is 0.238 e. The molecule has 3 aromatic rings. The Morgan fingerprint density at radius 2 is 1.97 bits per heavy atom. The molecular formula is C22H23N5O3S. The lowest BCUT2D eigenvalue weighted by atomic mass is 10.0. The average molecular weight is 438 g/mol. The van der Waals surface area contributed by atoms with Crippen molar-refractivity contribution >= 4 is 23.4 Å². The Hall–Kier alpha value is -2.91. The zero-order valence-electron chi connectivity index (χ0n) is 17.0. The van der Waals surface area contributed by atoms with Crippen LogP contribution in [0.4, 0.5) is 5.69 Å². The summed E-state index contributed by atoms with van der Waals surface area (Å²) in [6.07, 6.45) is 2.20. The minimum atomic E-state index is -0.188. The van der Waals surface area contributed by atoms with Crippen LogP contribution in [0.3, 0.4) is 0 Å². The standard InChI is InChI=1S/C22H23N5O3S/c28-21(15-31-22-23-24-25-26(22)13-17-9-6-12-29-17)27-18-10-4-5-11-20(18)30-14-19(27)16-7-2-1-3-8-16/h1-5,7-8,10-11,17,19H,6,9,12-15H2/t17-,19+/m1/s1. The summed E-state index contributed by atoms with van der Waals surface area (Å²) in [5.41, 5.74) is 1.82. The molecule has 2 aliphatic heterocycles. The summed E-state index contributed by atoms with van der Waals surface area (Å²) in [6.45, 7) is 1.80. The van der Waals surface area contributed by atoms with Crippen molar-refractivity contribution in [2.75, 3.05) is 23.9 Å². The van der Waals surface area contributed by atoms with Gasteiger partial charge in [-0.05, 0) is 41.0 Å². The van der Waals surface area contributed by atoms with Crippen LogP contribution in [0.15, 0.2) is 59.8 Å². The van der Waals surface area contributed by atoms with E-state index in [2.05, 4.69) is 15.5 Å². The van der Waals surface area contributed by atoms with Crippen molar-refractivity contribution in [2.45, 2.75) is 36.7 Å². The van der Waals surface area contributed by atoms with E-state index in [4.69, 9.17) is 9.47 Å². The minimum Gasteiger partial charge on any atom is -0.489 e. The van der Waals surface area contributed by atoms with E-state index in [1.54, 1.807) is 4.68 Å². The monoisotopic (exact) mass is 437 g/mol. The third kappa shape index (κ3) is 4.28. The van der Waals surface area contributed by atoms with E-state index in [1.165, 1.54) is 11.8 Å².